The molecule has 0 aliphatic carbocycles. The molecule has 0 spiro atoms. The molecule has 0 saturated heterocycles. The summed E-state index contributed by atoms with van der Waals surface area (Å²) in [6.45, 7) is 0. The largest absolute Gasteiger partial charge is 0.384 e. The SMILES string of the molecule is N=Cc1cccc(NC(=O)c2cc(-c3ccc(N)nc3)ccn2)c1. The Morgan fingerprint density at radius 2 is 1.96 bits per heavy atom. The van der Waals surface area contributed by atoms with Crippen LogP contribution in [0.2, 0.25) is 0 Å². The molecular weight excluding hydrogens is 302 g/mol. The fourth-order valence-electron chi connectivity index (χ4n) is 2.21. The van der Waals surface area contributed by atoms with Crippen LogP contribution < -0.4 is 11.1 Å². The first kappa shape index (κ1) is 15.4. The second-order valence-electron chi connectivity index (χ2n) is 5.13. The number of hydrogen-bond acceptors (Lipinski definition) is 5. The summed E-state index contributed by atoms with van der Waals surface area (Å²) in [6.07, 6.45) is 4.46. The predicted octanol–water partition coefficient (Wildman–Crippen LogP) is 2.98. The number of hydrogen-bond donors (Lipinski definition) is 3. The van der Waals surface area contributed by atoms with Crippen molar-refractivity contribution in [3.63, 3.8) is 0 Å². The summed E-state index contributed by atoms with van der Waals surface area (Å²) >= 11 is 0. The van der Waals surface area contributed by atoms with Crippen molar-refractivity contribution in [2.45, 2.75) is 0 Å². The number of nitrogens with one attached hydrogen (secondary N) is 2. The third-order valence-electron chi connectivity index (χ3n) is 3.42. The average Bonchev–Trinajstić information content (AvgIpc) is 2.62. The quantitative estimate of drug-likeness (QED) is 0.643. The summed E-state index contributed by atoms with van der Waals surface area (Å²) in [5.74, 6) is 0.124. The number of amides is 1. The second-order valence-corrected chi connectivity index (χ2v) is 5.13. The fourth-order valence-corrected chi connectivity index (χ4v) is 2.21. The summed E-state index contributed by atoms with van der Waals surface area (Å²) in [6, 6.07) is 14.1. The van der Waals surface area contributed by atoms with E-state index in [2.05, 4.69) is 15.3 Å². The molecule has 4 N–H and O–H groups in total. The molecule has 2 heterocycles. The lowest BCUT2D eigenvalue weighted by Gasteiger charge is -2.07. The number of carbonyl (C=O) groups excluding carboxylic acids is 1. The van der Waals surface area contributed by atoms with Gasteiger partial charge in [-0.3, -0.25) is 9.78 Å². The van der Waals surface area contributed by atoms with Gasteiger partial charge in [0.1, 0.15) is 11.5 Å². The van der Waals surface area contributed by atoms with Gasteiger partial charge in [-0.25, -0.2) is 4.98 Å². The zero-order valence-corrected chi connectivity index (χ0v) is 12.7. The monoisotopic (exact) mass is 317 g/mol. The third kappa shape index (κ3) is 3.44. The van der Waals surface area contributed by atoms with E-state index in [0.717, 1.165) is 11.1 Å². The van der Waals surface area contributed by atoms with Crippen molar-refractivity contribution < 1.29 is 4.79 Å². The van der Waals surface area contributed by atoms with E-state index >= 15 is 0 Å². The summed E-state index contributed by atoms with van der Waals surface area (Å²) in [5, 5.41) is 10.0. The second kappa shape index (κ2) is 6.70. The first-order chi connectivity index (χ1) is 11.7. The number of nitrogens with zero attached hydrogens (tertiary/aromatic N) is 2. The van der Waals surface area contributed by atoms with Crippen molar-refractivity contribution in [1.82, 2.24) is 9.97 Å². The number of carbonyl (C=O) groups is 1. The van der Waals surface area contributed by atoms with Gasteiger partial charge in [0.15, 0.2) is 0 Å². The first-order valence-electron chi connectivity index (χ1n) is 7.25. The summed E-state index contributed by atoms with van der Waals surface area (Å²) < 4.78 is 0. The number of aromatic nitrogens is 2. The van der Waals surface area contributed by atoms with Gasteiger partial charge in [-0.15, -0.1) is 0 Å². The van der Waals surface area contributed by atoms with E-state index in [0.29, 0.717) is 22.8 Å². The first-order valence-corrected chi connectivity index (χ1v) is 7.25. The molecule has 0 saturated carbocycles. The number of anilines is 2. The number of pyridine rings is 2. The highest BCUT2D eigenvalue weighted by atomic mass is 16.1. The highest BCUT2D eigenvalue weighted by Crippen LogP contribution is 2.20. The minimum atomic E-state index is -0.317. The summed E-state index contributed by atoms with van der Waals surface area (Å²) in [5.41, 5.74) is 8.89. The molecule has 0 radical (unpaired) electrons. The smallest absolute Gasteiger partial charge is 0.274 e. The van der Waals surface area contributed by atoms with E-state index in [4.69, 9.17) is 11.1 Å². The van der Waals surface area contributed by atoms with Gasteiger partial charge in [0.2, 0.25) is 0 Å². The molecule has 6 heteroatoms. The zero-order chi connectivity index (χ0) is 16.9. The molecule has 0 fully saturated rings. The lowest BCUT2D eigenvalue weighted by molar-refractivity contribution is 0.102. The lowest BCUT2D eigenvalue weighted by atomic mass is 10.1. The van der Waals surface area contributed by atoms with Crippen LogP contribution in [0.5, 0.6) is 0 Å². The van der Waals surface area contributed by atoms with E-state index in [1.807, 2.05) is 6.07 Å². The van der Waals surface area contributed by atoms with Crippen LogP contribution in [0.15, 0.2) is 60.9 Å². The van der Waals surface area contributed by atoms with Crippen LogP contribution in [-0.2, 0) is 0 Å². The Bertz CT molecular complexity index is 890. The summed E-state index contributed by atoms with van der Waals surface area (Å²) in [7, 11) is 0. The summed E-state index contributed by atoms with van der Waals surface area (Å²) in [4.78, 5) is 20.6. The molecule has 1 amide bonds. The van der Waals surface area contributed by atoms with Crippen LogP contribution in [0.4, 0.5) is 11.5 Å². The minimum absolute atomic E-state index is 0.296. The maximum Gasteiger partial charge on any atom is 0.274 e. The molecule has 6 nitrogen and oxygen atoms in total. The van der Waals surface area contributed by atoms with Gasteiger partial charge in [0.05, 0.1) is 0 Å². The van der Waals surface area contributed by atoms with Crippen LogP contribution in [0.3, 0.4) is 0 Å². The van der Waals surface area contributed by atoms with Crippen molar-refractivity contribution in [2.75, 3.05) is 11.1 Å². The Morgan fingerprint density at radius 3 is 2.71 bits per heavy atom. The van der Waals surface area contributed by atoms with Gasteiger partial charge in [-0.1, -0.05) is 12.1 Å². The van der Waals surface area contributed by atoms with Crippen molar-refractivity contribution in [1.29, 1.82) is 5.41 Å². The van der Waals surface area contributed by atoms with Crippen LogP contribution in [0.25, 0.3) is 11.1 Å². The molecule has 1 aromatic carbocycles. The maximum atomic E-state index is 12.4. The van der Waals surface area contributed by atoms with Crippen LogP contribution in [0, 0.1) is 5.41 Å². The van der Waals surface area contributed by atoms with Gasteiger partial charge < -0.3 is 16.5 Å². The Morgan fingerprint density at radius 1 is 1.08 bits per heavy atom. The van der Waals surface area contributed by atoms with Crippen molar-refractivity contribution in [3.05, 3.63) is 72.2 Å². The Labute approximate surface area is 138 Å². The maximum absolute atomic E-state index is 12.4. The number of nitrogen functional groups attached to an aromatic ring is 1. The van der Waals surface area contributed by atoms with E-state index in [1.54, 1.807) is 54.9 Å². The van der Waals surface area contributed by atoms with Crippen molar-refractivity contribution in [3.8, 4) is 11.1 Å². The van der Waals surface area contributed by atoms with Gasteiger partial charge in [0, 0.05) is 29.9 Å². The standard InChI is InChI=1S/C18H15N5O/c19-10-12-2-1-3-15(8-12)23-18(24)16-9-13(6-7-21-16)14-4-5-17(20)22-11-14/h1-11,19H,(H2,20,22)(H,23,24). The van der Waals surface area contributed by atoms with Crippen molar-refractivity contribution in [2.24, 2.45) is 0 Å². The molecule has 118 valence electrons. The normalized spacial score (nSPS) is 10.2. The van der Waals surface area contributed by atoms with Gasteiger partial charge in [-0.2, -0.15) is 0 Å². The Balaban J connectivity index is 1.83. The number of nitrogens with two attached hydrogens (primary N) is 1. The molecule has 0 aliphatic rings. The average molecular weight is 317 g/mol. The number of benzene rings is 1. The van der Waals surface area contributed by atoms with Crippen LogP contribution in [-0.4, -0.2) is 22.1 Å². The zero-order valence-electron chi connectivity index (χ0n) is 12.7. The van der Waals surface area contributed by atoms with Crippen LogP contribution in [0.1, 0.15) is 16.1 Å². The topological polar surface area (TPSA) is 105 Å². The van der Waals surface area contributed by atoms with E-state index in [-0.39, 0.29) is 5.91 Å². The molecule has 0 bridgehead atoms. The van der Waals surface area contributed by atoms with Crippen molar-refractivity contribution >= 4 is 23.6 Å². The molecule has 0 atom stereocenters. The van der Waals surface area contributed by atoms with Gasteiger partial charge in [0.25, 0.3) is 5.91 Å². The van der Waals surface area contributed by atoms with E-state index < -0.39 is 0 Å². The van der Waals surface area contributed by atoms with Gasteiger partial charge >= 0.3 is 0 Å². The molecular formula is C18H15N5O. The molecule has 3 rings (SSSR count). The minimum Gasteiger partial charge on any atom is -0.384 e. The molecule has 0 unspecified atom stereocenters. The molecule has 2 aromatic heterocycles. The number of rotatable bonds is 4. The van der Waals surface area contributed by atoms with E-state index in [9.17, 15) is 4.79 Å². The Kier molecular flexibility index (Phi) is 4.29. The predicted molar refractivity (Wildman–Crippen MR) is 94.2 cm³/mol. The highest BCUT2D eigenvalue weighted by molar-refractivity contribution is 6.03. The van der Waals surface area contributed by atoms with E-state index in [1.165, 1.54) is 6.21 Å². The third-order valence-corrected chi connectivity index (χ3v) is 3.42. The van der Waals surface area contributed by atoms with Gasteiger partial charge in [-0.05, 0) is 47.5 Å². The Hall–Kier alpha value is -3.54. The lowest BCUT2D eigenvalue weighted by Crippen LogP contribution is -2.13. The molecule has 3 aromatic rings. The van der Waals surface area contributed by atoms with Crippen LogP contribution >= 0.6 is 0 Å². The fraction of sp³-hybridized carbons (Fsp3) is 0. The molecule has 0 aliphatic heterocycles. The molecule has 24 heavy (non-hydrogen) atoms. The highest BCUT2D eigenvalue weighted by Gasteiger charge is 2.09.